The van der Waals surface area contributed by atoms with Crippen LogP contribution in [0.2, 0.25) is 0 Å². The lowest BCUT2D eigenvalue weighted by Gasteiger charge is -2.26. The SMILES string of the molecule is Cc1ccc(-c2csc(NC(=O)[C@H]3[C@H]4CC[C@@H](C4)[C@H]3C(=O)O)n2)cc1C. The molecule has 1 amide bonds. The van der Waals surface area contributed by atoms with Crippen LogP contribution in [0.3, 0.4) is 0 Å². The van der Waals surface area contributed by atoms with Crippen molar-refractivity contribution in [2.24, 2.45) is 23.7 Å². The van der Waals surface area contributed by atoms with Crippen molar-refractivity contribution in [2.45, 2.75) is 33.1 Å². The van der Waals surface area contributed by atoms with Crippen molar-refractivity contribution >= 4 is 28.3 Å². The van der Waals surface area contributed by atoms with Gasteiger partial charge in [-0.15, -0.1) is 11.3 Å². The Hall–Kier alpha value is -2.21. The Bertz CT molecular complexity index is 876. The zero-order valence-corrected chi connectivity index (χ0v) is 15.7. The molecule has 2 aromatic rings. The molecular formula is C20H22N2O3S. The standard InChI is InChI=1S/C20H22N2O3S/c1-10-3-4-12(7-11(10)2)15-9-26-20(21-15)22-18(23)16-13-5-6-14(8-13)17(16)19(24)25/h3-4,7,9,13-14,16-17H,5-6,8H2,1-2H3,(H,24,25)(H,21,22,23)/t13-,14-,16-,17+/m0/s1. The van der Waals surface area contributed by atoms with Crippen molar-refractivity contribution in [2.75, 3.05) is 5.32 Å². The second kappa shape index (κ2) is 6.50. The molecule has 1 aromatic heterocycles. The minimum atomic E-state index is -0.840. The molecule has 0 spiro atoms. The predicted molar refractivity (Wildman–Crippen MR) is 101 cm³/mol. The molecule has 0 unspecified atom stereocenters. The van der Waals surface area contributed by atoms with Crippen LogP contribution < -0.4 is 5.32 Å². The van der Waals surface area contributed by atoms with Gasteiger partial charge in [-0.05, 0) is 62.1 Å². The van der Waals surface area contributed by atoms with E-state index in [9.17, 15) is 14.7 Å². The third-order valence-corrected chi connectivity index (χ3v) is 6.80. The summed E-state index contributed by atoms with van der Waals surface area (Å²) in [5.74, 6) is -1.66. The summed E-state index contributed by atoms with van der Waals surface area (Å²) in [6, 6.07) is 6.18. The number of nitrogens with one attached hydrogen (secondary N) is 1. The zero-order chi connectivity index (χ0) is 18.4. The molecule has 0 saturated heterocycles. The van der Waals surface area contributed by atoms with Crippen molar-refractivity contribution in [1.29, 1.82) is 0 Å². The maximum absolute atomic E-state index is 12.8. The lowest BCUT2D eigenvalue weighted by molar-refractivity contribution is -0.148. The largest absolute Gasteiger partial charge is 0.481 e. The van der Waals surface area contributed by atoms with Gasteiger partial charge in [0, 0.05) is 10.9 Å². The highest BCUT2D eigenvalue weighted by Gasteiger charge is 2.54. The Kier molecular flexibility index (Phi) is 4.31. The van der Waals surface area contributed by atoms with Gasteiger partial charge in [-0.2, -0.15) is 0 Å². The van der Waals surface area contributed by atoms with Crippen LogP contribution in [0.4, 0.5) is 5.13 Å². The Balaban J connectivity index is 1.51. The Morgan fingerprint density at radius 3 is 2.58 bits per heavy atom. The summed E-state index contributed by atoms with van der Waals surface area (Å²) in [7, 11) is 0. The first kappa shape index (κ1) is 17.2. The quantitative estimate of drug-likeness (QED) is 0.849. The summed E-state index contributed by atoms with van der Waals surface area (Å²) in [5.41, 5.74) is 4.28. The Labute approximate surface area is 156 Å². The number of thiazole rings is 1. The van der Waals surface area contributed by atoms with Crippen LogP contribution in [0, 0.1) is 37.5 Å². The van der Waals surface area contributed by atoms with Crippen LogP contribution in [-0.4, -0.2) is 22.0 Å². The molecule has 0 aliphatic heterocycles. The molecular weight excluding hydrogens is 348 g/mol. The number of carboxylic acids is 1. The van der Waals surface area contributed by atoms with Crippen molar-refractivity contribution in [3.63, 3.8) is 0 Å². The van der Waals surface area contributed by atoms with Gasteiger partial charge in [0.15, 0.2) is 5.13 Å². The molecule has 1 aromatic carbocycles. The summed E-state index contributed by atoms with van der Waals surface area (Å²) in [5, 5.41) is 14.9. The summed E-state index contributed by atoms with van der Waals surface area (Å²) < 4.78 is 0. The van der Waals surface area contributed by atoms with E-state index in [1.54, 1.807) is 0 Å². The highest BCUT2D eigenvalue weighted by Crippen LogP contribution is 2.52. The molecule has 0 radical (unpaired) electrons. The van der Waals surface area contributed by atoms with Gasteiger partial charge >= 0.3 is 5.97 Å². The van der Waals surface area contributed by atoms with E-state index >= 15 is 0 Å². The molecule has 2 aliphatic carbocycles. The first-order chi connectivity index (χ1) is 12.4. The number of aryl methyl sites for hydroxylation is 2. The second-order valence-corrected chi connectivity index (χ2v) is 8.41. The van der Waals surface area contributed by atoms with Crippen molar-refractivity contribution in [1.82, 2.24) is 4.98 Å². The number of aromatic nitrogens is 1. The van der Waals surface area contributed by atoms with E-state index < -0.39 is 17.8 Å². The van der Waals surface area contributed by atoms with E-state index in [4.69, 9.17) is 0 Å². The summed E-state index contributed by atoms with van der Waals surface area (Å²) >= 11 is 1.38. The summed E-state index contributed by atoms with van der Waals surface area (Å²) in [6.45, 7) is 4.13. The van der Waals surface area contributed by atoms with Gasteiger partial charge in [0.2, 0.25) is 5.91 Å². The number of anilines is 1. The lowest BCUT2D eigenvalue weighted by atomic mass is 9.79. The number of carbonyl (C=O) groups excluding carboxylic acids is 1. The zero-order valence-electron chi connectivity index (χ0n) is 14.9. The monoisotopic (exact) mass is 370 g/mol. The number of hydrogen-bond acceptors (Lipinski definition) is 4. The number of amides is 1. The average Bonchev–Trinajstić information content (AvgIpc) is 3.32. The molecule has 6 heteroatoms. The van der Waals surface area contributed by atoms with Gasteiger partial charge in [0.05, 0.1) is 17.5 Å². The number of carbonyl (C=O) groups is 2. The Morgan fingerprint density at radius 2 is 1.88 bits per heavy atom. The molecule has 2 N–H and O–H groups in total. The number of aliphatic carboxylic acids is 1. The van der Waals surface area contributed by atoms with Crippen LogP contribution in [0.5, 0.6) is 0 Å². The summed E-state index contributed by atoms with van der Waals surface area (Å²) in [4.78, 5) is 28.9. The number of carboxylic acid groups (broad SMARTS) is 1. The smallest absolute Gasteiger partial charge is 0.307 e. The number of benzene rings is 1. The average molecular weight is 370 g/mol. The lowest BCUT2D eigenvalue weighted by Crippen LogP contribution is -2.37. The molecule has 136 valence electrons. The fourth-order valence-electron chi connectivity index (χ4n) is 4.58. The number of rotatable bonds is 4. The van der Waals surface area contributed by atoms with Gasteiger partial charge in [-0.1, -0.05) is 12.1 Å². The summed E-state index contributed by atoms with van der Waals surface area (Å²) in [6.07, 6.45) is 2.75. The molecule has 2 saturated carbocycles. The van der Waals surface area contributed by atoms with E-state index in [1.807, 2.05) is 11.4 Å². The van der Waals surface area contributed by atoms with Crippen molar-refractivity contribution in [3.8, 4) is 11.3 Å². The molecule has 2 aliphatic rings. The molecule has 2 bridgehead atoms. The minimum Gasteiger partial charge on any atom is -0.481 e. The van der Waals surface area contributed by atoms with Crippen LogP contribution in [0.15, 0.2) is 23.6 Å². The fourth-order valence-corrected chi connectivity index (χ4v) is 5.30. The number of fused-ring (bicyclic) bond motifs is 2. The maximum Gasteiger partial charge on any atom is 0.307 e. The van der Waals surface area contributed by atoms with Gasteiger partial charge in [-0.25, -0.2) is 4.98 Å². The Morgan fingerprint density at radius 1 is 1.15 bits per heavy atom. The van der Waals surface area contributed by atoms with Crippen LogP contribution in [0.1, 0.15) is 30.4 Å². The highest BCUT2D eigenvalue weighted by atomic mass is 32.1. The topological polar surface area (TPSA) is 79.3 Å². The van der Waals surface area contributed by atoms with Crippen LogP contribution in [0.25, 0.3) is 11.3 Å². The van der Waals surface area contributed by atoms with E-state index in [0.717, 1.165) is 30.5 Å². The molecule has 4 rings (SSSR count). The van der Waals surface area contributed by atoms with Gasteiger partial charge < -0.3 is 10.4 Å². The van der Waals surface area contributed by atoms with Crippen molar-refractivity contribution in [3.05, 3.63) is 34.7 Å². The van der Waals surface area contributed by atoms with Crippen molar-refractivity contribution < 1.29 is 14.7 Å². The fraction of sp³-hybridized carbons (Fsp3) is 0.450. The van der Waals surface area contributed by atoms with Gasteiger partial charge in [0.25, 0.3) is 0 Å². The minimum absolute atomic E-state index is 0.149. The predicted octanol–water partition coefficient (Wildman–Crippen LogP) is 4.11. The second-order valence-electron chi connectivity index (χ2n) is 7.55. The van der Waals surface area contributed by atoms with E-state index in [1.165, 1.54) is 22.5 Å². The molecule has 4 atom stereocenters. The van der Waals surface area contributed by atoms with Crippen LogP contribution in [-0.2, 0) is 9.59 Å². The van der Waals surface area contributed by atoms with Gasteiger partial charge in [-0.3, -0.25) is 9.59 Å². The number of nitrogens with zero attached hydrogens (tertiary/aromatic N) is 1. The third kappa shape index (κ3) is 2.92. The van der Waals surface area contributed by atoms with E-state index in [2.05, 4.69) is 36.3 Å². The molecule has 5 nitrogen and oxygen atoms in total. The third-order valence-electron chi connectivity index (χ3n) is 6.04. The number of hydrogen-bond donors (Lipinski definition) is 2. The molecule has 1 heterocycles. The van der Waals surface area contributed by atoms with Crippen LogP contribution >= 0.6 is 11.3 Å². The molecule has 2 fully saturated rings. The first-order valence-electron chi connectivity index (χ1n) is 9.01. The van der Waals surface area contributed by atoms with E-state index in [0.29, 0.717) is 5.13 Å². The normalized spacial score (nSPS) is 26.8. The van der Waals surface area contributed by atoms with Gasteiger partial charge in [0.1, 0.15) is 0 Å². The maximum atomic E-state index is 12.8. The first-order valence-corrected chi connectivity index (χ1v) is 9.89. The molecule has 26 heavy (non-hydrogen) atoms. The van der Waals surface area contributed by atoms with E-state index in [-0.39, 0.29) is 17.7 Å². The highest BCUT2D eigenvalue weighted by molar-refractivity contribution is 7.14.